The van der Waals surface area contributed by atoms with Crippen LogP contribution < -0.4 is 4.80 Å². The summed E-state index contributed by atoms with van der Waals surface area (Å²) in [6, 6.07) is 4.85. The van der Waals surface area contributed by atoms with E-state index in [1.165, 1.54) is 16.7 Å². The molecule has 1 aromatic heterocycles. The molecule has 0 unspecified atom stereocenters. The van der Waals surface area contributed by atoms with Gasteiger partial charge in [-0.3, -0.25) is 4.57 Å². The highest BCUT2D eigenvalue weighted by Gasteiger charge is 2.30. The second-order valence-corrected chi connectivity index (χ2v) is 5.19. The summed E-state index contributed by atoms with van der Waals surface area (Å²) in [5.41, 5.74) is 0.203. The summed E-state index contributed by atoms with van der Waals surface area (Å²) in [6.45, 7) is 3.55. The molecule has 0 N–H and O–H groups in total. The lowest BCUT2D eigenvalue weighted by Crippen LogP contribution is -2.17. The van der Waals surface area contributed by atoms with Gasteiger partial charge in [-0.2, -0.15) is 13.2 Å². The van der Waals surface area contributed by atoms with Gasteiger partial charge in [-0.1, -0.05) is 6.07 Å². The van der Waals surface area contributed by atoms with Gasteiger partial charge in [0.05, 0.1) is 12.2 Å². The summed E-state index contributed by atoms with van der Waals surface area (Å²) >= 11 is 1.15. The van der Waals surface area contributed by atoms with Crippen LogP contribution >= 0.6 is 11.3 Å². The number of halogens is 3. The number of thiazole rings is 1. The summed E-state index contributed by atoms with van der Waals surface area (Å²) in [4.78, 5) is 15.5. The maximum atomic E-state index is 12.8. The number of carbonyl (C=O) groups excluding carboxylic acids is 1. The van der Waals surface area contributed by atoms with Crippen LogP contribution in [0.4, 0.5) is 18.0 Å². The Morgan fingerprint density at radius 1 is 1.41 bits per heavy atom. The van der Waals surface area contributed by atoms with E-state index in [0.717, 1.165) is 23.5 Å². The van der Waals surface area contributed by atoms with Crippen LogP contribution in [-0.2, 0) is 10.9 Å². The van der Waals surface area contributed by atoms with E-state index in [1.807, 2.05) is 0 Å². The Balaban J connectivity index is 2.54. The molecular formula is C14H13F3N2O2S. The average Bonchev–Trinajstić information content (AvgIpc) is 2.79. The maximum absolute atomic E-state index is 12.8. The van der Waals surface area contributed by atoms with Crippen LogP contribution in [-0.4, -0.2) is 17.3 Å². The first-order valence-electron chi connectivity index (χ1n) is 6.39. The molecule has 2 rings (SSSR count). The number of nitrogens with zero attached hydrogens (tertiary/aromatic N) is 2. The molecule has 8 heteroatoms. The SMILES string of the molecule is CCOC(=O)N=c1scc(C)n1-c1cccc(C(F)(F)F)c1. The fourth-order valence-corrected chi connectivity index (χ4v) is 2.70. The van der Waals surface area contributed by atoms with Gasteiger partial charge in [-0.15, -0.1) is 16.3 Å². The van der Waals surface area contributed by atoms with Crippen molar-refractivity contribution in [2.24, 2.45) is 4.99 Å². The number of aromatic nitrogens is 1. The van der Waals surface area contributed by atoms with Gasteiger partial charge in [0.2, 0.25) is 4.80 Å². The number of alkyl halides is 3. The fraction of sp³-hybridized carbons (Fsp3) is 0.286. The van der Waals surface area contributed by atoms with Gasteiger partial charge >= 0.3 is 12.3 Å². The van der Waals surface area contributed by atoms with Gasteiger partial charge in [0.15, 0.2) is 0 Å². The van der Waals surface area contributed by atoms with E-state index in [-0.39, 0.29) is 17.1 Å². The number of hydrogen-bond donors (Lipinski definition) is 0. The lowest BCUT2D eigenvalue weighted by atomic mass is 10.2. The maximum Gasteiger partial charge on any atom is 0.436 e. The number of carbonyl (C=O) groups is 1. The first-order valence-corrected chi connectivity index (χ1v) is 7.27. The highest BCUT2D eigenvalue weighted by atomic mass is 32.1. The number of benzene rings is 1. The molecule has 2 aromatic rings. The third kappa shape index (κ3) is 3.56. The van der Waals surface area contributed by atoms with Crippen LogP contribution in [0.2, 0.25) is 0 Å². The van der Waals surface area contributed by atoms with Crippen LogP contribution in [0.15, 0.2) is 34.6 Å². The number of ether oxygens (including phenoxy) is 1. The zero-order valence-electron chi connectivity index (χ0n) is 11.8. The molecule has 0 saturated carbocycles. The molecule has 0 bridgehead atoms. The van der Waals surface area contributed by atoms with Crippen molar-refractivity contribution in [3.05, 3.63) is 45.7 Å². The summed E-state index contributed by atoms with van der Waals surface area (Å²) in [6.07, 6.45) is -5.20. The predicted molar refractivity (Wildman–Crippen MR) is 76.0 cm³/mol. The Labute approximate surface area is 128 Å². The molecule has 0 aliphatic heterocycles. The molecule has 4 nitrogen and oxygen atoms in total. The van der Waals surface area contributed by atoms with Crippen LogP contribution in [0.25, 0.3) is 5.69 Å². The number of hydrogen-bond acceptors (Lipinski definition) is 3. The van der Waals surface area contributed by atoms with Gasteiger partial charge in [0, 0.05) is 16.8 Å². The molecule has 118 valence electrons. The van der Waals surface area contributed by atoms with Crippen molar-refractivity contribution in [3.8, 4) is 5.69 Å². The average molecular weight is 330 g/mol. The molecule has 0 fully saturated rings. The van der Waals surface area contributed by atoms with Crippen LogP contribution in [0.5, 0.6) is 0 Å². The van der Waals surface area contributed by atoms with E-state index in [9.17, 15) is 18.0 Å². The minimum Gasteiger partial charge on any atom is -0.448 e. The van der Waals surface area contributed by atoms with Crippen LogP contribution in [0.3, 0.4) is 0 Å². The number of rotatable bonds is 2. The third-order valence-electron chi connectivity index (χ3n) is 2.77. The standard InChI is InChI=1S/C14H13F3N2O2S/c1-3-21-13(20)18-12-19(9(2)8-22-12)11-6-4-5-10(7-11)14(15,16)17/h4-8H,3H2,1-2H3. The molecule has 0 aliphatic rings. The molecular weight excluding hydrogens is 317 g/mol. The highest BCUT2D eigenvalue weighted by molar-refractivity contribution is 7.07. The smallest absolute Gasteiger partial charge is 0.436 e. The van der Waals surface area contributed by atoms with Gasteiger partial charge in [0.25, 0.3) is 0 Å². The van der Waals surface area contributed by atoms with Crippen molar-refractivity contribution in [1.82, 2.24) is 4.57 Å². The quantitative estimate of drug-likeness (QED) is 0.837. The number of aryl methyl sites for hydroxylation is 1. The van der Waals surface area contributed by atoms with E-state index < -0.39 is 17.8 Å². The van der Waals surface area contributed by atoms with E-state index in [2.05, 4.69) is 4.99 Å². The van der Waals surface area contributed by atoms with Gasteiger partial charge in [-0.05, 0) is 32.0 Å². The molecule has 1 amide bonds. The van der Waals surface area contributed by atoms with Crippen molar-refractivity contribution in [2.45, 2.75) is 20.0 Å². The Kier molecular flexibility index (Phi) is 4.70. The molecule has 22 heavy (non-hydrogen) atoms. The summed E-state index contributed by atoms with van der Waals surface area (Å²) in [5.74, 6) is 0. The van der Waals surface area contributed by atoms with Crippen molar-refractivity contribution < 1.29 is 22.7 Å². The summed E-state index contributed by atoms with van der Waals surface area (Å²) in [5, 5.41) is 1.71. The van der Waals surface area contributed by atoms with Crippen molar-refractivity contribution in [1.29, 1.82) is 0 Å². The lowest BCUT2D eigenvalue weighted by Gasteiger charge is -2.10. The van der Waals surface area contributed by atoms with Crippen LogP contribution in [0.1, 0.15) is 18.2 Å². The van der Waals surface area contributed by atoms with E-state index in [1.54, 1.807) is 19.2 Å². The largest absolute Gasteiger partial charge is 0.448 e. The van der Waals surface area contributed by atoms with Crippen molar-refractivity contribution in [2.75, 3.05) is 6.61 Å². The molecule has 0 aliphatic carbocycles. The first kappa shape index (κ1) is 16.3. The number of amides is 1. The monoisotopic (exact) mass is 330 g/mol. The van der Waals surface area contributed by atoms with E-state index >= 15 is 0 Å². The highest BCUT2D eigenvalue weighted by Crippen LogP contribution is 2.30. The van der Waals surface area contributed by atoms with Crippen molar-refractivity contribution in [3.63, 3.8) is 0 Å². The lowest BCUT2D eigenvalue weighted by molar-refractivity contribution is -0.137. The molecule has 1 heterocycles. The normalized spacial score (nSPS) is 12.5. The zero-order chi connectivity index (χ0) is 16.3. The molecule has 0 atom stereocenters. The third-order valence-corrected chi connectivity index (χ3v) is 3.71. The minimum atomic E-state index is -4.43. The van der Waals surface area contributed by atoms with Gasteiger partial charge in [-0.25, -0.2) is 4.79 Å². The van der Waals surface area contributed by atoms with Gasteiger partial charge < -0.3 is 4.74 Å². The molecule has 0 radical (unpaired) electrons. The van der Waals surface area contributed by atoms with Crippen molar-refractivity contribution >= 4 is 17.4 Å². The summed E-state index contributed by atoms with van der Waals surface area (Å²) in [7, 11) is 0. The topological polar surface area (TPSA) is 43.6 Å². The Bertz CT molecular complexity index is 747. The Hall–Kier alpha value is -2.09. The Morgan fingerprint density at radius 3 is 2.77 bits per heavy atom. The second-order valence-electron chi connectivity index (χ2n) is 4.35. The van der Waals surface area contributed by atoms with Gasteiger partial charge in [0.1, 0.15) is 0 Å². The molecule has 1 aromatic carbocycles. The minimum absolute atomic E-state index is 0.177. The summed E-state index contributed by atoms with van der Waals surface area (Å²) < 4.78 is 44.7. The predicted octanol–water partition coefficient (Wildman–Crippen LogP) is 3.92. The molecule has 0 spiro atoms. The first-order chi connectivity index (χ1) is 10.3. The van der Waals surface area contributed by atoms with Crippen LogP contribution in [0, 0.1) is 6.92 Å². The molecule has 0 saturated heterocycles. The fourth-order valence-electron chi connectivity index (χ4n) is 1.84. The Morgan fingerprint density at radius 2 is 2.14 bits per heavy atom. The second kappa shape index (κ2) is 6.35. The van der Waals surface area contributed by atoms with E-state index in [4.69, 9.17) is 4.74 Å². The van der Waals surface area contributed by atoms with E-state index in [0.29, 0.717) is 5.69 Å². The zero-order valence-corrected chi connectivity index (χ0v) is 12.7.